The molecular formula is C11H23N3O2S. The van der Waals surface area contributed by atoms with Gasteiger partial charge >= 0.3 is 0 Å². The molecule has 17 heavy (non-hydrogen) atoms. The number of rotatable bonds is 2. The third-order valence-electron chi connectivity index (χ3n) is 3.79. The fourth-order valence-corrected chi connectivity index (χ4v) is 4.67. The molecule has 0 amide bonds. The molecule has 0 saturated carbocycles. The lowest BCUT2D eigenvalue weighted by Gasteiger charge is -2.39. The molecule has 0 aliphatic carbocycles. The maximum absolute atomic E-state index is 12.5. The molecule has 0 aromatic heterocycles. The first-order valence-corrected chi connectivity index (χ1v) is 7.94. The molecule has 0 spiro atoms. The molecule has 2 fully saturated rings. The van der Waals surface area contributed by atoms with Crippen molar-refractivity contribution >= 4 is 10.2 Å². The van der Waals surface area contributed by atoms with Gasteiger partial charge in [-0.25, -0.2) is 0 Å². The molecule has 2 saturated heterocycles. The number of nitrogens with zero attached hydrogens (tertiary/aromatic N) is 2. The number of nitrogens with two attached hydrogens (primary N) is 1. The van der Waals surface area contributed by atoms with E-state index in [1.807, 2.05) is 6.92 Å². The van der Waals surface area contributed by atoms with E-state index < -0.39 is 10.2 Å². The normalized spacial score (nSPS) is 33.8. The zero-order valence-electron chi connectivity index (χ0n) is 10.5. The Bertz CT molecular complexity index is 352. The average molecular weight is 261 g/mol. The van der Waals surface area contributed by atoms with E-state index in [1.54, 1.807) is 8.61 Å². The Kier molecular flexibility index (Phi) is 4.07. The molecule has 100 valence electrons. The van der Waals surface area contributed by atoms with Crippen LogP contribution in [-0.4, -0.2) is 48.7 Å². The molecule has 2 atom stereocenters. The Hall–Kier alpha value is -0.170. The zero-order chi connectivity index (χ0) is 12.5. The van der Waals surface area contributed by atoms with Gasteiger partial charge in [0.25, 0.3) is 10.2 Å². The van der Waals surface area contributed by atoms with E-state index in [2.05, 4.69) is 0 Å². The predicted molar refractivity (Wildman–Crippen MR) is 67.7 cm³/mol. The van der Waals surface area contributed by atoms with Gasteiger partial charge < -0.3 is 5.73 Å². The van der Waals surface area contributed by atoms with E-state index in [1.165, 1.54) is 0 Å². The van der Waals surface area contributed by atoms with Crippen molar-refractivity contribution in [3.05, 3.63) is 0 Å². The van der Waals surface area contributed by atoms with Gasteiger partial charge in [0.15, 0.2) is 0 Å². The van der Waals surface area contributed by atoms with E-state index in [-0.39, 0.29) is 12.1 Å². The fourth-order valence-electron chi connectivity index (χ4n) is 2.77. The van der Waals surface area contributed by atoms with Crippen molar-refractivity contribution < 1.29 is 8.42 Å². The fraction of sp³-hybridized carbons (Fsp3) is 1.00. The topological polar surface area (TPSA) is 66.6 Å². The Morgan fingerprint density at radius 1 is 1.12 bits per heavy atom. The highest BCUT2D eigenvalue weighted by atomic mass is 32.2. The van der Waals surface area contributed by atoms with E-state index in [4.69, 9.17) is 5.73 Å². The van der Waals surface area contributed by atoms with Gasteiger partial charge in [0.2, 0.25) is 0 Å². The lowest BCUT2D eigenvalue weighted by molar-refractivity contribution is 0.221. The second kappa shape index (κ2) is 5.22. The summed E-state index contributed by atoms with van der Waals surface area (Å²) in [6, 6.07) is 0.184. The SMILES string of the molecule is C[C@H]1C[C@H](N)CCN1S(=O)(=O)N1CCCCC1. The van der Waals surface area contributed by atoms with Crippen molar-refractivity contribution in [3.8, 4) is 0 Å². The second-order valence-corrected chi connectivity index (χ2v) is 7.09. The minimum atomic E-state index is -3.25. The molecule has 2 heterocycles. The predicted octanol–water partition coefficient (Wildman–Crippen LogP) is 0.529. The maximum Gasteiger partial charge on any atom is 0.282 e. The molecule has 2 aliphatic heterocycles. The molecule has 5 nitrogen and oxygen atoms in total. The van der Waals surface area contributed by atoms with Crippen molar-refractivity contribution in [3.63, 3.8) is 0 Å². The van der Waals surface area contributed by atoms with Crippen LogP contribution < -0.4 is 5.73 Å². The van der Waals surface area contributed by atoms with Crippen LogP contribution in [0.5, 0.6) is 0 Å². The first-order valence-electron chi connectivity index (χ1n) is 6.54. The third-order valence-corrected chi connectivity index (χ3v) is 5.95. The lowest BCUT2D eigenvalue weighted by atomic mass is 10.0. The molecule has 2 N–H and O–H groups in total. The van der Waals surface area contributed by atoms with Crippen LogP contribution >= 0.6 is 0 Å². The van der Waals surface area contributed by atoms with Gasteiger partial charge in [0, 0.05) is 31.7 Å². The van der Waals surface area contributed by atoms with Gasteiger partial charge in [0.1, 0.15) is 0 Å². The monoisotopic (exact) mass is 261 g/mol. The Morgan fingerprint density at radius 2 is 1.76 bits per heavy atom. The summed E-state index contributed by atoms with van der Waals surface area (Å²) < 4.78 is 28.2. The summed E-state index contributed by atoms with van der Waals surface area (Å²) in [4.78, 5) is 0. The van der Waals surface area contributed by atoms with Crippen molar-refractivity contribution in [2.45, 2.75) is 51.1 Å². The molecule has 2 aliphatic rings. The lowest BCUT2D eigenvalue weighted by Crippen LogP contribution is -2.54. The van der Waals surface area contributed by atoms with Crippen LogP contribution in [-0.2, 0) is 10.2 Å². The quantitative estimate of drug-likeness (QED) is 0.788. The number of hydrogen-bond acceptors (Lipinski definition) is 3. The molecule has 0 unspecified atom stereocenters. The molecule has 6 heteroatoms. The van der Waals surface area contributed by atoms with E-state index in [0.717, 1.165) is 32.1 Å². The highest BCUT2D eigenvalue weighted by molar-refractivity contribution is 7.86. The van der Waals surface area contributed by atoms with Gasteiger partial charge in [-0.3, -0.25) is 0 Å². The van der Waals surface area contributed by atoms with E-state index >= 15 is 0 Å². The zero-order valence-corrected chi connectivity index (χ0v) is 11.3. The van der Waals surface area contributed by atoms with Gasteiger partial charge in [-0.1, -0.05) is 6.42 Å². The average Bonchev–Trinajstić information content (AvgIpc) is 2.29. The van der Waals surface area contributed by atoms with Gasteiger partial charge in [0.05, 0.1) is 0 Å². The standard InChI is InChI=1S/C11H23N3O2S/c1-10-9-11(12)5-8-14(10)17(15,16)13-6-3-2-4-7-13/h10-11H,2-9,12H2,1H3/t10-,11+/m0/s1. The third kappa shape index (κ3) is 2.81. The van der Waals surface area contributed by atoms with Gasteiger partial charge in [-0.15, -0.1) is 0 Å². The van der Waals surface area contributed by atoms with Crippen molar-refractivity contribution in [1.82, 2.24) is 8.61 Å². The maximum atomic E-state index is 12.5. The Labute approximate surface area is 104 Å². The highest BCUT2D eigenvalue weighted by Gasteiger charge is 2.36. The van der Waals surface area contributed by atoms with Crippen LogP contribution in [0.2, 0.25) is 0 Å². The second-order valence-electron chi connectivity index (χ2n) is 5.21. The first-order chi connectivity index (χ1) is 8.01. The summed E-state index contributed by atoms with van der Waals surface area (Å²) in [5.41, 5.74) is 5.87. The smallest absolute Gasteiger partial charge is 0.282 e. The van der Waals surface area contributed by atoms with E-state index in [0.29, 0.717) is 19.6 Å². The summed E-state index contributed by atoms with van der Waals surface area (Å²) >= 11 is 0. The molecule has 2 rings (SSSR count). The number of piperidine rings is 2. The minimum Gasteiger partial charge on any atom is -0.328 e. The summed E-state index contributed by atoms with van der Waals surface area (Å²) in [5, 5.41) is 0. The summed E-state index contributed by atoms with van der Waals surface area (Å²) in [6.07, 6.45) is 4.67. The molecule has 0 bridgehead atoms. The van der Waals surface area contributed by atoms with E-state index in [9.17, 15) is 8.42 Å². The number of hydrogen-bond donors (Lipinski definition) is 1. The molecule has 0 radical (unpaired) electrons. The van der Waals surface area contributed by atoms with Crippen LogP contribution in [0, 0.1) is 0 Å². The molecule has 0 aromatic carbocycles. The Morgan fingerprint density at radius 3 is 2.35 bits per heavy atom. The van der Waals surface area contributed by atoms with Gasteiger partial charge in [-0.2, -0.15) is 17.0 Å². The van der Waals surface area contributed by atoms with Crippen LogP contribution in [0.1, 0.15) is 39.0 Å². The highest BCUT2D eigenvalue weighted by Crippen LogP contribution is 2.24. The summed E-state index contributed by atoms with van der Waals surface area (Å²) in [6.45, 7) is 3.89. The summed E-state index contributed by atoms with van der Waals surface area (Å²) in [5.74, 6) is 0. The van der Waals surface area contributed by atoms with Gasteiger partial charge in [-0.05, 0) is 32.6 Å². The summed E-state index contributed by atoms with van der Waals surface area (Å²) in [7, 11) is -3.25. The Balaban J connectivity index is 2.08. The van der Waals surface area contributed by atoms with Crippen LogP contribution in [0.3, 0.4) is 0 Å². The largest absolute Gasteiger partial charge is 0.328 e. The van der Waals surface area contributed by atoms with Crippen LogP contribution in [0.4, 0.5) is 0 Å². The molecule has 0 aromatic rings. The van der Waals surface area contributed by atoms with Crippen molar-refractivity contribution in [2.75, 3.05) is 19.6 Å². The molecular weight excluding hydrogens is 238 g/mol. The van der Waals surface area contributed by atoms with Crippen LogP contribution in [0.25, 0.3) is 0 Å². The van der Waals surface area contributed by atoms with Crippen molar-refractivity contribution in [2.24, 2.45) is 5.73 Å². The van der Waals surface area contributed by atoms with Crippen LogP contribution in [0.15, 0.2) is 0 Å². The van der Waals surface area contributed by atoms with Crippen molar-refractivity contribution in [1.29, 1.82) is 0 Å². The minimum absolute atomic E-state index is 0.0330. The first kappa shape index (κ1) is 13.3.